The monoisotopic (exact) mass is 503 g/mol. The Morgan fingerprint density at radius 2 is 2.00 bits per heavy atom. The first-order valence-corrected chi connectivity index (χ1v) is 13.4. The quantitative estimate of drug-likeness (QED) is 0.525. The number of benzene rings is 1. The van der Waals surface area contributed by atoms with Crippen molar-refractivity contribution < 1.29 is 9.59 Å². The van der Waals surface area contributed by atoms with Gasteiger partial charge in [0, 0.05) is 24.7 Å². The van der Waals surface area contributed by atoms with Gasteiger partial charge in [-0.2, -0.15) is 5.10 Å². The molecule has 5 rings (SSSR count). The van der Waals surface area contributed by atoms with Gasteiger partial charge in [0.15, 0.2) is 0 Å². The van der Waals surface area contributed by atoms with E-state index in [9.17, 15) is 9.59 Å². The summed E-state index contributed by atoms with van der Waals surface area (Å²) in [5.74, 6) is -0.420. The lowest BCUT2D eigenvalue weighted by Gasteiger charge is -2.38. The number of piperidine rings is 2. The molecule has 2 amide bonds. The van der Waals surface area contributed by atoms with Gasteiger partial charge in [0.1, 0.15) is 5.82 Å². The molecule has 0 radical (unpaired) electrons. The number of aryl methyl sites for hydroxylation is 1. The summed E-state index contributed by atoms with van der Waals surface area (Å²) in [6.07, 6.45) is 8.43. The van der Waals surface area contributed by atoms with Gasteiger partial charge in [0.25, 0.3) is 0 Å². The number of carbonyl (C=O) groups excluding carboxylic acids is 2. The molecule has 0 unspecified atom stereocenters. The number of fused-ring (bicyclic) bond motifs is 1. The van der Waals surface area contributed by atoms with Gasteiger partial charge >= 0.3 is 11.8 Å². The number of carbonyl (C=O) groups is 2. The SMILES string of the molecule is CCc1cc(NC(=O)C(=O)N2C[C@@H](C)CC[C@@H]2c2ccc3cn([C@H]4CCCN(C)C4)nc3c2)cnc1N. The predicted octanol–water partition coefficient (Wildman–Crippen LogP) is 3.78. The maximum absolute atomic E-state index is 13.4. The number of nitrogens with zero attached hydrogens (tertiary/aromatic N) is 5. The zero-order valence-corrected chi connectivity index (χ0v) is 22.0. The molecule has 2 aliphatic rings. The normalized spacial score (nSPS) is 22.8. The molecule has 3 N–H and O–H groups in total. The van der Waals surface area contributed by atoms with Gasteiger partial charge in [-0.25, -0.2) is 4.98 Å². The van der Waals surface area contributed by atoms with Gasteiger partial charge in [0.2, 0.25) is 0 Å². The van der Waals surface area contributed by atoms with Crippen LogP contribution in [-0.2, 0) is 16.0 Å². The fraction of sp³-hybridized carbons (Fsp3) is 0.500. The van der Waals surface area contributed by atoms with Gasteiger partial charge in [-0.1, -0.05) is 26.0 Å². The lowest BCUT2D eigenvalue weighted by molar-refractivity contribution is -0.146. The molecule has 3 atom stereocenters. The van der Waals surface area contributed by atoms with E-state index in [-0.39, 0.29) is 6.04 Å². The third-order valence-electron chi connectivity index (χ3n) is 7.82. The maximum atomic E-state index is 13.4. The molecule has 4 heterocycles. The van der Waals surface area contributed by atoms with Crippen molar-refractivity contribution in [2.24, 2.45) is 5.92 Å². The minimum atomic E-state index is -0.653. The molecule has 37 heavy (non-hydrogen) atoms. The molecule has 9 nitrogen and oxygen atoms in total. The van der Waals surface area contributed by atoms with Crippen molar-refractivity contribution in [1.29, 1.82) is 0 Å². The summed E-state index contributed by atoms with van der Waals surface area (Å²) in [5, 5.41) is 8.75. The molecule has 2 aliphatic heterocycles. The molecule has 9 heteroatoms. The van der Waals surface area contributed by atoms with Crippen LogP contribution < -0.4 is 11.1 Å². The molecular formula is C28H37N7O2. The average molecular weight is 504 g/mol. The molecule has 0 spiro atoms. The first-order chi connectivity index (χ1) is 17.8. The number of likely N-dealkylation sites (N-methyl/N-ethyl adjacent to an activating group) is 1. The number of nitrogens with two attached hydrogens (primary N) is 1. The van der Waals surface area contributed by atoms with Crippen molar-refractivity contribution in [2.75, 3.05) is 37.7 Å². The molecule has 196 valence electrons. The number of aromatic nitrogens is 3. The molecule has 1 aromatic carbocycles. The second kappa shape index (κ2) is 10.5. The summed E-state index contributed by atoms with van der Waals surface area (Å²) in [6, 6.07) is 8.25. The zero-order chi connectivity index (χ0) is 26.1. The molecule has 0 aliphatic carbocycles. The van der Waals surface area contributed by atoms with E-state index in [2.05, 4.69) is 58.2 Å². The number of hydrogen-bond acceptors (Lipinski definition) is 6. The Hall–Kier alpha value is -3.46. The lowest BCUT2D eigenvalue weighted by atomic mass is 9.89. The van der Waals surface area contributed by atoms with E-state index in [1.807, 2.05) is 6.92 Å². The summed E-state index contributed by atoms with van der Waals surface area (Å²) in [4.78, 5) is 34.6. The first kappa shape index (κ1) is 25.2. The largest absolute Gasteiger partial charge is 0.383 e. The molecule has 0 saturated carbocycles. The Balaban J connectivity index is 1.36. The summed E-state index contributed by atoms with van der Waals surface area (Å²) in [6.45, 7) is 6.77. The van der Waals surface area contributed by atoms with Gasteiger partial charge < -0.3 is 20.9 Å². The molecular weight excluding hydrogens is 466 g/mol. The Morgan fingerprint density at radius 3 is 2.78 bits per heavy atom. The maximum Gasteiger partial charge on any atom is 0.313 e. The topological polar surface area (TPSA) is 109 Å². The summed E-state index contributed by atoms with van der Waals surface area (Å²) in [7, 11) is 2.16. The highest BCUT2D eigenvalue weighted by molar-refractivity contribution is 6.39. The van der Waals surface area contributed by atoms with Crippen LogP contribution in [0, 0.1) is 5.92 Å². The average Bonchev–Trinajstić information content (AvgIpc) is 3.33. The van der Waals surface area contributed by atoms with E-state index in [1.54, 1.807) is 11.0 Å². The summed E-state index contributed by atoms with van der Waals surface area (Å²) in [5.41, 5.74) is 9.15. The van der Waals surface area contributed by atoms with E-state index in [1.165, 1.54) is 12.6 Å². The van der Waals surface area contributed by atoms with Gasteiger partial charge in [-0.05, 0) is 74.9 Å². The minimum absolute atomic E-state index is 0.166. The number of anilines is 2. The van der Waals surface area contributed by atoms with Crippen LogP contribution in [0.25, 0.3) is 10.9 Å². The number of hydrogen-bond donors (Lipinski definition) is 2. The van der Waals surface area contributed by atoms with E-state index in [4.69, 9.17) is 10.8 Å². The number of pyridine rings is 1. The number of nitrogen functional groups attached to an aromatic ring is 1. The number of likely N-dealkylation sites (tertiary alicyclic amines) is 2. The molecule has 2 saturated heterocycles. The van der Waals surface area contributed by atoms with E-state index in [0.717, 1.165) is 54.4 Å². The smallest absolute Gasteiger partial charge is 0.313 e. The minimum Gasteiger partial charge on any atom is -0.383 e. The van der Waals surface area contributed by atoms with E-state index >= 15 is 0 Å². The second-order valence-electron chi connectivity index (χ2n) is 10.7. The van der Waals surface area contributed by atoms with Crippen LogP contribution in [-0.4, -0.2) is 63.1 Å². The Bertz CT molecular complexity index is 1300. The Kier molecular flexibility index (Phi) is 7.15. The standard InChI is InChI=1S/C28H37N7O2/c1-4-19-12-22(14-30-26(19)29)31-27(36)28(37)34-15-18(2)7-10-25(34)20-8-9-21-16-35(32-24(21)13-20)23-6-5-11-33(3)17-23/h8-9,12-14,16,18,23,25H,4-7,10-11,15,17H2,1-3H3,(H2,29,30)(H,31,36)/t18-,23-,25+/m0/s1. The molecule has 0 bridgehead atoms. The highest BCUT2D eigenvalue weighted by Gasteiger charge is 2.34. The van der Waals surface area contributed by atoms with Crippen LogP contribution in [0.5, 0.6) is 0 Å². The van der Waals surface area contributed by atoms with Gasteiger partial charge in [0.05, 0.1) is 29.5 Å². The first-order valence-electron chi connectivity index (χ1n) is 13.4. The Morgan fingerprint density at radius 1 is 1.16 bits per heavy atom. The van der Waals surface area contributed by atoms with Crippen molar-refractivity contribution >= 4 is 34.2 Å². The van der Waals surface area contributed by atoms with Crippen LogP contribution >= 0.6 is 0 Å². The van der Waals surface area contributed by atoms with E-state index < -0.39 is 11.8 Å². The van der Waals surface area contributed by atoms with Crippen LogP contribution in [0.1, 0.15) is 62.7 Å². The van der Waals surface area contributed by atoms with Crippen LogP contribution in [0.3, 0.4) is 0 Å². The van der Waals surface area contributed by atoms with Crippen molar-refractivity contribution in [3.8, 4) is 0 Å². The van der Waals surface area contributed by atoms with Crippen molar-refractivity contribution in [1.82, 2.24) is 24.6 Å². The second-order valence-corrected chi connectivity index (χ2v) is 10.7. The third kappa shape index (κ3) is 5.32. The van der Waals surface area contributed by atoms with Crippen molar-refractivity contribution in [3.05, 3.63) is 47.8 Å². The molecule has 2 fully saturated rings. The summed E-state index contributed by atoms with van der Waals surface area (Å²) >= 11 is 0. The van der Waals surface area contributed by atoms with Crippen LogP contribution in [0.2, 0.25) is 0 Å². The Labute approximate surface area is 218 Å². The number of rotatable bonds is 4. The predicted molar refractivity (Wildman–Crippen MR) is 145 cm³/mol. The zero-order valence-electron chi connectivity index (χ0n) is 22.0. The molecule has 3 aromatic rings. The fourth-order valence-electron chi connectivity index (χ4n) is 5.71. The highest BCUT2D eigenvalue weighted by Crippen LogP contribution is 2.35. The molecule has 2 aromatic heterocycles. The number of amides is 2. The van der Waals surface area contributed by atoms with Crippen molar-refractivity contribution in [2.45, 2.75) is 58.0 Å². The third-order valence-corrected chi connectivity index (χ3v) is 7.82. The van der Waals surface area contributed by atoms with Gasteiger partial charge in [-0.3, -0.25) is 14.3 Å². The van der Waals surface area contributed by atoms with Crippen molar-refractivity contribution in [3.63, 3.8) is 0 Å². The fourth-order valence-corrected chi connectivity index (χ4v) is 5.71. The lowest BCUT2D eigenvalue weighted by Crippen LogP contribution is -2.46. The van der Waals surface area contributed by atoms with Crippen LogP contribution in [0.4, 0.5) is 11.5 Å². The van der Waals surface area contributed by atoms with Crippen LogP contribution in [0.15, 0.2) is 36.7 Å². The summed E-state index contributed by atoms with van der Waals surface area (Å²) < 4.78 is 2.11. The number of nitrogens with one attached hydrogen (secondary N) is 1. The van der Waals surface area contributed by atoms with Gasteiger partial charge in [-0.15, -0.1) is 0 Å². The van der Waals surface area contributed by atoms with E-state index in [0.29, 0.717) is 36.4 Å². The highest BCUT2D eigenvalue weighted by atomic mass is 16.2.